The number of aryl methyl sites for hydroxylation is 1. The van der Waals surface area contributed by atoms with Crippen molar-refractivity contribution in [3.8, 4) is 11.4 Å². The molecule has 0 unspecified atom stereocenters. The maximum Gasteiger partial charge on any atom is 0.246 e. The van der Waals surface area contributed by atoms with Gasteiger partial charge in [-0.15, -0.1) is 0 Å². The fourth-order valence-corrected chi connectivity index (χ4v) is 2.42. The highest BCUT2D eigenvalue weighted by molar-refractivity contribution is 7.80. The van der Waals surface area contributed by atoms with Gasteiger partial charge >= 0.3 is 0 Å². The lowest BCUT2D eigenvalue weighted by molar-refractivity contribution is 0.376. The van der Waals surface area contributed by atoms with Crippen LogP contribution in [0.1, 0.15) is 11.5 Å². The average Bonchev–Trinajstić information content (AvgIpc) is 3.06. The zero-order chi connectivity index (χ0) is 17.8. The van der Waals surface area contributed by atoms with Crippen LogP contribution in [-0.4, -0.2) is 15.3 Å². The number of nitrogens with zero attached hydrogens (tertiary/aromatic N) is 2. The Morgan fingerprint density at radius 2 is 2.00 bits per heavy atom. The smallest absolute Gasteiger partial charge is 0.246 e. The van der Waals surface area contributed by atoms with E-state index in [1.807, 2.05) is 31.2 Å². The van der Waals surface area contributed by atoms with Gasteiger partial charge in [-0.1, -0.05) is 46.6 Å². The topological polar surface area (TPSA) is 63.0 Å². The molecular weight excluding hydrogens is 363 g/mol. The van der Waals surface area contributed by atoms with Crippen LogP contribution in [0.15, 0.2) is 47.0 Å². The summed E-state index contributed by atoms with van der Waals surface area (Å²) in [5.74, 6) is 0.429. The van der Waals surface area contributed by atoms with Gasteiger partial charge in [-0.2, -0.15) is 4.98 Å². The molecule has 0 saturated carbocycles. The van der Waals surface area contributed by atoms with E-state index < -0.39 is 5.82 Å². The third-order valence-corrected chi connectivity index (χ3v) is 3.89. The Hall–Kier alpha value is -2.51. The zero-order valence-corrected chi connectivity index (χ0v) is 14.8. The molecule has 1 aromatic heterocycles. The lowest BCUT2D eigenvalue weighted by Gasteiger charge is -2.09. The van der Waals surface area contributed by atoms with Crippen LogP contribution in [0.2, 0.25) is 5.02 Å². The van der Waals surface area contributed by atoms with Crippen molar-refractivity contribution in [1.82, 2.24) is 15.5 Å². The molecule has 0 saturated heterocycles. The minimum atomic E-state index is -0.486. The van der Waals surface area contributed by atoms with E-state index in [2.05, 4.69) is 20.8 Å². The lowest BCUT2D eigenvalue weighted by Crippen LogP contribution is -2.28. The van der Waals surface area contributed by atoms with Crippen molar-refractivity contribution in [3.63, 3.8) is 0 Å². The molecule has 0 bridgehead atoms. The van der Waals surface area contributed by atoms with E-state index in [-0.39, 0.29) is 11.6 Å². The number of aromatic nitrogens is 2. The van der Waals surface area contributed by atoms with Gasteiger partial charge in [-0.25, -0.2) is 4.39 Å². The van der Waals surface area contributed by atoms with Crippen LogP contribution in [0.4, 0.5) is 10.1 Å². The SMILES string of the molecule is Cc1ccc(-c2noc(CNC(=S)Nc3ccc(F)c(Cl)c3)n2)cc1. The van der Waals surface area contributed by atoms with E-state index in [9.17, 15) is 4.39 Å². The third kappa shape index (κ3) is 4.52. The molecule has 0 atom stereocenters. The van der Waals surface area contributed by atoms with Gasteiger partial charge in [0.2, 0.25) is 11.7 Å². The van der Waals surface area contributed by atoms with Crippen LogP contribution in [-0.2, 0) is 6.54 Å². The van der Waals surface area contributed by atoms with Crippen molar-refractivity contribution in [2.75, 3.05) is 5.32 Å². The molecule has 25 heavy (non-hydrogen) atoms. The van der Waals surface area contributed by atoms with Gasteiger partial charge in [-0.05, 0) is 37.3 Å². The van der Waals surface area contributed by atoms with Gasteiger partial charge in [0, 0.05) is 11.3 Å². The predicted octanol–water partition coefficient (Wildman–Crippen LogP) is 4.32. The van der Waals surface area contributed by atoms with Gasteiger partial charge < -0.3 is 15.2 Å². The molecule has 0 amide bonds. The largest absolute Gasteiger partial charge is 0.353 e. The van der Waals surface area contributed by atoms with Crippen molar-refractivity contribution in [2.24, 2.45) is 0 Å². The molecule has 0 fully saturated rings. The van der Waals surface area contributed by atoms with E-state index >= 15 is 0 Å². The summed E-state index contributed by atoms with van der Waals surface area (Å²) >= 11 is 10.9. The standard InChI is InChI=1S/C17H14ClFN4OS/c1-10-2-4-11(5-3-10)16-22-15(24-23-16)9-20-17(25)21-12-6-7-14(19)13(18)8-12/h2-8H,9H2,1H3,(H2,20,21,25). The zero-order valence-electron chi connectivity index (χ0n) is 13.2. The number of nitrogens with one attached hydrogen (secondary N) is 2. The van der Waals surface area contributed by atoms with Crippen LogP contribution in [0.5, 0.6) is 0 Å². The second-order valence-corrected chi connectivity index (χ2v) is 6.13. The second kappa shape index (κ2) is 7.58. The minimum absolute atomic E-state index is 0.0208. The monoisotopic (exact) mass is 376 g/mol. The molecule has 0 spiro atoms. The number of benzene rings is 2. The summed E-state index contributed by atoms with van der Waals surface area (Å²) in [6, 6.07) is 12.1. The number of thiocarbonyl (C=S) groups is 1. The number of halogens is 2. The van der Waals surface area contributed by atoms with Crippen LogP contribution >= 0.6 is 23.8 Å². The molecule has 3 aromatic rings. The molecular formula is C17H14ClFN4OS. The fourth-order valence-electron chi connectivity index (χ4n) is 2.05. The highest BCUT2D eigenvalue weighted by atomic mass is 35.5. The van der Waals surface area contributed by atoms with Crippen LogP contribution < -0.4 is 10.6 Å². The first-order chi connectivity index (χ1) is 12.0. The predicted molar refractivity (Wildman–Crippen MR) is 98.9 cm³/mol. The molecule has 0 radical (unpaired) electrons. The first-order valence-corrected chi connectivity index (χ1v) is 8.19. The first kappa shape index (κ1) is 17.3. The highest BCUT2D eigenvalue weighted by Gasteiger charge is 2.09. The summed E-state index contributed by atoms with van der Waals surface area (Å²) in [4.78, 5) is 4.32. The summed E-state index contributed by atoms with van der Waals surface area (Å²) < 4.78 is 18.3. The van der Waals surface area contributed by atoms with Crippen molar-refractivity contribution < 1.29 is 8.91 Å². The molecule has 0 aliphatic carbocycles. The number of hydrogen-bond acceptors (Lipinski definition) is 4. The average molecular weight is 377 g/mol. The van der Waals surface area contributed by atoms with E-state index in [0.29, 0.717) is 22.5 Å². The quantitative estimate of drug-likeness (QED) is 0.661. The molecule has 0 aliphatic rings. The Kier molecular flexibility index (Phi) is 5.25. The maximum absolute atomic E-state index is 13.1. The highest BCUT2D eigenvalue weighted by Crippen LogP contribution is 2.19. The summed E-state index contributed by atoms with van der Waals surface area (Å²) in [6.45, 7) is 2.28. The molecule has 2 aromatic carbocycles. The van der Waals surface area contributed by atoms with Gasteiger partial charge in [0.15, 0.2) is 5.11 Å². The van der Waals surface area contributed by atoms with Gasteiger partial charge in [0.1, 0.15) is 5.82 Å². The summed E-state index contributed by atoms with van der Waals surface area (Å²) in [5, 5.41) is 10.1. The van der Waals surface area contributed by atoms with Crippen LogP contribution in [0, 0.1) is 12.7 Å². The Labute approximate surface area is 154 Å². The molecule has 0 aliphatic heterocycles. The summed E-state index contributed by atoms with van der Waals surface area (Å²) in [5.41, 5.74) is 2.61. The Morgan fingerprint density at radius 1 is 1.24 bits per heavy atom. The first-order valence-electron chi connectivity index (χ1n) is 7.41. The van der Waals surface area contributed by atoms with E-state index in [4.69, 9.17) is 28.3 Å². The van der Waals surface area contributed by atoms with E-state index in [1.165, 1.54) is 18.2 Å². The van der Waals surface area contributed by atoms with Crippen LogP contribution in [0.25, 0.3) is 11.4 Å². The van der Waals surface area contributed by atoms with Gasteiger partial charge in [0.25, 0.3) is 0 Å². The second-order valence-electron chi connectivity index (χ2n) is 5.31. The summed E-state index contributed by atoms with van der Waals surface area (Å²) in [6.07, 6.45) is 0. The summed E-state index contributed by atoms with van der Waals surface area (Å²) in [7, 11) is 0. The molecule has 2 N–H and O–H groups in total. The number of rotatable bonds is 4. The van der Waals surface area contributed by atoms with Crippen molar-refractivity contribution in [1.29, 1.82) is 0 Å². The molecule has 8 heteroatoms. The normalized spacial score (nSPS) is 10.5. The Morgan fingerprint density at radius 3 is 2.72 bits per heavy atom. The Balaban J connectivity index is 1.57. The lowest BCUT2D eigenvalue weighted by atomic mass is 10.1. The molecule has 128 valence electrons. The maximum atomic E-state index is 13.1. The van der Waals surface area contributed by atoms with E-state index in [0.717, 1.165) is 11.1 Å². The molecule has 1 heterocycles. The Bertz CT molecular complexity index is 898. The fraction of sp³-hybridized carbons (Fsp3) is 0.118. The molecule has 5 nitrogen and oxygen atoms in total. The van der Waals surface area contributed by atoms with Crippen LogP contribution in [0.3, 0.4) is 0 Å². The number of anilines is 1. The number of hydrogen-bond donors (Lipinski definition) is 2. The van der Waals surface area contributed by atoms with E-state index in [1.54, 1.807) is 0 Å². The van der Waals surface area contributed by atoms with Crippen molar-refractivity contribution in [2.45, 2.75) is 13.5 Å². The van der Waals surface area contributed by atoms with Crippen molar-refractivity contribution in [3.05, 3.63) is 64.8 Å². The third-order valence-electron chi connectivity index (χ3n) is 3.36. The molecule has 3 rings (SSSR count). The van der Waals surface area contributed by atoms with Gasteiger partial charge in [0.05, 0.1) is 11.6 Å². The van der Waals surface area contributed by atoms with Gasteiger partial charge in [-0.3, -0.25) is 0 Å². The minimum Gasteiger partial charge on any atom is -0.353 e. The van der Waals surface area contributed by atoms with Crippen molar-refractivity contribution >= 4 is 34.6 Å².